The van der Waals surface area contributed by atoms with E-state index in [0.29, 0.717) is 37.1 Å². The number of aliphatic carboxylic acids is 1. The summed E-state index contributed by atoms with van der Waals surface area (Å²) in [7, 11) is 0. The molecule has 4 bridgehead atoms. The van der Waals surface area contributed by atoms with Gasteiger partial charge in [0.25, 0.3) is 0 Å². The first-order valence-electron chi connectivity index (χ1n) is 18.8. The van der Waals surface area contributed by atoms with Crippen molar-refractivity contribution >= 4 is 5.97 Å². The lowest BCUT2D eigenvalue weighted by Crippen LogP contribution is -2.65. The Balaban J connectivity index is 1.24. The second-order valence-corrected chi connectivity index (χ2v) is 16.3. The lowest BCUT2D eigenvalue weighted by atomic mass is 9.45. The number of allylic oxidation sites excluding steroid dienone is 1. The van der Waals surface area contributed by atoms with Crippen LogP contribution in [0.15, 0.2) is 11.3 Å². The zero-order valence-corrected chi connectivity index (χ0v) is 29.4. The molecule has 0 aromatic carbocycles. The van der Waals surface area contributed by atoms with Crippen LogP contribution in [0.2, 0.25) is 0 Å². The quantitative estimate of drug-likeness (QED) is 0.105. The molecule has 7 fully saturated rings. The third kappa shape index (κ3) is 6.81. The van der Waals surface area contributed by atoms with E-state index >= 15 is 0 Å². The van der Waals surface area contributed by atoms with Crippen LogP contribution in [0.3, 0.4) is 0 Å². The van der Waals surface area contributed by atoms with Gasteiger partial charge < -0.3 is 33.5 Å². The molecule has 46 heavy (non-hydrogen) atoms. The van der Waals surface area contributed by atoms with Crippen molar-refractivity contribution in [3.8, 4) is 0 Å². The van der Waals surface area contributed by atoms with Gasteiger partial charge in [-0.15, -0.1) is 0 Å². The highest BCUT2D eigenvalue weighted by Gasteiger charge is 2.67. The Morgan fingerprint density at radius 3 is 1.48 bits per heavy atom. The van der Waals surface area contributed by atoms with Gasteiger partial charge in [0.05, 0.1) is 73.2 Å². The predicted octanol–water partition coefficient (Wildman–Crippen LogP) is 7.90. The van der Waals surface area contributed by atoms with E-state index in [1.165, 1.54) is 0 Å². The van der Waals surface area contributed by atoms with Gasteiger partial charge in [-0.3, -0.25) is 0 Å². The number of carboxylic acid groups (broad SMARTS) is 1. The summed E-state index contributed by atoms with van der Waals surface area (Å²) in [6.45, 7) is 12.7. The molecule has 8 heteroatoms. The van der Waals surface area contributed by atoms with Crippen LogP contribution < -0.4 is 0 Å². The number of carbonyl (C=O) groups is 1. The number of carboxylic acids is 1. The van der Waals surface area contributed by atoms with Crippen LogP contribution in [-0.2, 0) is 33.2 Å². The SMILES string of the molecule is CCCC1(CCOC(=C(C)C(=O)O)C23CC4CC(OCCC5(CCC)CCO5)(CC(OCCC5(CCC)CCO5)(C4)C2)C3)CCO1. The molecule has 1 N–H and O–H groups in total. The van der Waals surface area contributed by atoms with Gasteiger partial charge in [0.1, 0.15) is 5.76 Å². The molecule has 7 rings (SSSR count). The molecular weight excluding hydrogens is 584 g/mol. The maximum Gasteiger partial charge on any atom is 0.334 e. The van der Waals surface area contributed by atoms with Gasteiger partial charge in [0.15, 0.2) is 0 Å². The summed E-state index contributed by atoms with van der Waals surface area (Å²) in [5.41, 5.74) is -0.972. The zero-order valence-electron chi connectivity index (χ0n) is 29.4. The van der Waals surface area contributed by atoms with Gasteiger partial charge in [-0.05, 0) is 96.3 Å². The molecule has 3 saturated heterocycles. The summed E-state index contributed by atoms with van der Waals surface area (Å²) >= 11 is 0. The highest BCUT2D eigenvalue weighted by atomic mass is 16.5. The highest BCUT2D eigenvalue weighted by molar-refractivity contribution is 5.86. The molecule has 8 nitrogen and oxygen atoms in total. The van der Waals surface area contributed by atoms with Gasteiger partial charge in [-0.2, -0.15) is 0 Å². The molecule has 7 aliphatic rings. The van der Waals surface area contributed by atoms with Crippen LogP contribution in [0.4, 0.5) is 0 Å². The zero-order chi connectivity index (χ0) is 32.5. The third-order valence-corrected chi connectivity index (χ3v) is 12.9. The summed E-state index contributed by atoms with van der Waals surface area (Å²) in [6, 6.07) is 0. The van der Waals surface area contributed by atoms with Crippen LogP contribution in [-0.4, -0.2) is 78.7 Å². The summed E-state index contributed by atoms with van der Waals surface area (Å²) in [5, 5.41) is 10.4. The fourth-order valence-corrected chi connectivity index (χ4v) is 10.9. The summed E-state index contributed by atoms with van der Waals surface area (Å²) < 4.78 is 39.2. The Bertz CT molecular complexity index is 1060. The average molecular weight is 647 g/mol. The molecule has 4 aliphatic carbocycles. The van der Waals surface area contributed by atoms with Crippen molar-refractivity contribution in [3.05, 3.63) is 11.3 Å². The molecule has 0 aromatic heterocycles. The lowest BCUT2D eigenvalue weighted by Gasteiger charge is -2.66. The fourth-order valence-electron chi connectivity index (χ4n) is 10.9. The second-order valence-electron chi connectivity index (χ2n) is 16.3. The van der Waals surface area contributed by atoms with E-state index in [1.54, 1.807) is 6.92 Å². The molecule has 0 radical (unpaired) electrons. The Morgan fingerprint density at radius 1 is 0.674 bits per heavy atom. The van der Waals surface area contributed by atoms with E-state index in [2.05, 4.69) is 20.8 Å². The lowest BCUT2D eigenvalue weighted by molar-refractivity contribution is -0.269. The maximum absolute atomic E-state index is 12.6. The second kappa shape index (κ2) is 13.6. The molecule has 4 saturated carbocycles. The van der Waals surface area contributed by atoms with Gasteiger partial charge in [-0.25, -0.2) is 4.79 Å². The Morgan fingerprint density at radius 2 is 1.11 bits per heavy atom. The summed E-state index contributed by atoms with van der Waals surface area (Å²) in [5.74, 6) is 0.184. The van der Waals surface area contributed by atoms with Crippen LogP contribution in [0.25, 0.3) is 0 Å². The Kier molecular flexibility index (Phi) is 10.3. The minimum absolute atomic E-state index is 0.0363. The van der Waals surface area contributed by atoms with E-state index in [-0.39, 0.29) is 28.0 Å². The van der Waals surface area contributed by atoms with E-state index in [9.17, 15) is 9.90 Å². The minimum Gasteiger partial charge on any atom is -0.497 e. The van der Waals surface area contributed by atoms with Crippen molar-refractivity contribution in [2.45, 2.75) is 171 Å². The van der Waals surface area contributed by atoms with E-state index in [1.807, 2.05) is 0 Å². The Labute approximate surface area is 277 Å². The summed E-state index contributed by atoms with van der Waals surface area (Å²) in [6.07, 6.45) is 17.8. The van der Waals surface area contributed by atoms with Gasteiger partial charge >= 0.3 is 5.97 Å². The van der Waals surface area contributed by atoms with Crippen LogP contribution in [0.5, 0.6) is 0 Å². The number of hydrogen-bond donors (Lipinski definition) is 1. The Hall–Kier alpha value is -1.19. The molecule has 5 atom stereocenters. The van der Waals surface area contributed by atoms with Gasteiger partial charge in [0, 0.05) is 18.3 Å². The van der Waals surface area contributed by atoms with Crippen molar-refractivity contribution in [1.29, 1.82) is 0 Å². The van der Waals surface area contributed by atoms with Crippen molar-refractivity contribution in [3.63, 3.8) is 0 Å². The first-order chi connectivity index (χ1) is 22.1. The number of ether oxygens (including phenoxy) is 6. The van der Waals surface area contributed by atoms with E-state index < -0.39 is 11.4 Å². The third-order valence-electron chi connectivity index (χ3n) is 12.9. The molecule has 0 spiro atoms. The molecule has 0 amide bonds. The largest absolute Gasteiger partial charge is 0.497 e. The van der Waals surface area contributed by atoms with Crippen molar-refractivity contribution in [1.82, 2.24) is 0 Å². The molecular formula is C38H62O8. The van der Waals surface area contributed by atoms with Crippen molar-refractivity contribution < 1.29 is 38.3 Å². The average Bonchev–Trinajstić information content (AvgIpc) is 2.94. The first kappa shape index (κ1) is 34.7. The number of rotatable bonds is 20. The van der Waals surface area contributed by atoms with E-state index in [0.717, 1.165) is 135 Å². The highest BCUT2D eigenvalue weighted by Crippen LogP contribution is 2.68. The molecule has 0 aromatic rings. The van der Waals surface area contributed by atoms with Gasteiger partial charge in [-0.1, -0.05) is 40.0 Å². The number of hydrogen-bond acceptors (Lipinski definition) is 7. The van der Waals surface area contributed by atoms with Crippen LogP contribution in [0, 0.1) is 11.3 Å². The first-order valence-corrected chi connectivity index (χ1v) is 18.8. The summed E-state index contributed by atoms with van der Waals surface area (Å²) in [4.78, 5) is 12.6. The van der Waals surface area contributed by atoms with Gasteiger partial charge in [0.2, 0.25) is 0 Å². The molecule has 3 aliphatic heterocycles. The van der Waals surface area contributed by atoms with Crippen LogP contribution in [0.1, 0.15) is 143 Å². The normalized spacial score (nSPS) is 41.3. The standard InChI is InChI=1S/C38H62O8/c1-5-8-34(12-18-42-34)11-17-41-31(29(4)32(39)40)33-23-30-24-37(26-33,45-21-15-35(9-6-2)13-19-43-35)28-38(25-30,27-33)46-22-16-36(10-7-3)14-20-44-36/h30H,5-28H2,1-4H3,(H,39,40). The van der Waals surface area contributed by atoms with Crippen LogP contribution >= 0.6 is 0 Å². The monoisotopic (exact) mass is 646 g/mol. The van der Waals surface area contributed by atoms with E-state index in [4.69, 9.17) is 28.4 Å². The molecule has 262 valence electrons. The minimum atomic E-state index is -0.897. The smallest absolute Gasteiger partial charge is 0.334 e. The van der Waals surface area contributed by atoms with Crippen molar-refractivity contribution in [2.24, 2.45) is 11.3 Å². The predicted molar refractivity (Wildman–Crippen MR) is 176 cm³/mol. The van der Waals surface area contributed by atoms with Crippen molar-refractivity contribution in [2.75, 3.05) is 39.6 Å². The topological polar surface area (TPSA) is 92.7 Å². The molecule has 5 unspecified atom stereocenters. The maximum atomic E-state index is 12.6. The molecule has 3 heterocycles. The fraction of sp³-hybridized carbons (Fsp3) is 0.921.